The predicted molar refractivity (Wildman–Crippen MR) is 88.9 cm³/mol. The minimum Gasteiger partial charge on any atom is -0.383 e. The Morgan fingerprint density at radius 1 is 1.50 bits per heavy atom. The number of hydrogen-bond donors (Lipinski definition) is 1. The molecule has 0 spiro atoms. The van der Waals surface area contributed by atoms with E-state index >= 15 is 0 Å². The third-order valence-electron chi connectivity index (χ3n) is 4.18. The average molecular weight is 426 g/mol. The van der Waals surface area contributed by atoms with E-state index in [9.17, 15) is 13.6 Å². The van der Waals surface area contributed by atoms with Crippen molar-refractivity contribution in [2.75, 3.05) is 26.8 Å². The fourth-order valence-corrected chi connectivity index (χ4v) is 3.50. The second-order valence-electron chi connectivity index (χ2n) is 5.62. The first-order valence-corrected chi connectivity index (χ1v) is 8.50. The van der Waals surface area contributed by atoms with Gasteiger partial charge < -0.3 is 9.64 Å². The molecule has 0 aromatic rings. The molecule has 0 aromatic carbocycles. The fourth-order valence-electron chi connectivity index (χ4n) is 2.93. The van der Waals surface area contributed by atoms with E-state index in [4.69, 9.17) is 4.74 Å². The number of hydrogen-bond acceptors (Lipinski definition) is 3. The zero-order valence-corrected chi connectivity index (χ0v) is 14.7. The normalized spacial score (nSPS) is 29.9. The highest BCUT2D eigenvalue weighted by molar-refractivity contribution is 14.1. The van der Waals surface area contributed by atoms with Crippen LogP contribution < -0.4 is 3.53 Å². The van der Waals surface area contributed by atoms with Crippen LogP contribution in [-0.2, 0) is 9.53 Å². The molecule has 0 radical (unpaired) electrons. The van der Waals surface area contributed by atoms with Gasteiger partial charge in [0.15, 0.2) is 6.17 Å². The summed E-state index contributed by atoms with van der Waals surface area (Å²) in [4.78, 5) is 14.1. The van der Waals surface area contributed by atoms with Gasteiger partial charge in [0, 0.05) is 55.4 Å². The van der Waals surface area contributed by atoms with Gasteiger partial charge in [0.25, 0.3) is 0 Å². The smallest absolute Gasteiger partial charge is 0.240 e. The van der Waals surface area contributed by atoms with Crippen LogP contribution in [0.2, 0.25) is 0 Å². The van der Waals surface area contributed by atoms with E-state index in [1.54, 1.807) is 24.2 Å². The Balaban J connectivity index is 2.20. The maximum Gasteiger partial charge on any atom is 0.240 e. The van der Waals surface area contributed by atoms with Crippen LogP contribution >= 0.6 is 22.9 Å². The second-order valence-corrected chi connectivity index (χ2v) is 6.24. The van der Waals surface area contributed by atoms with Crippen molar-refractivity contribution < 1.29 is 18.3 Å². The van der Waals surface area contributed by atoms with E-state index in [0.29, 0.717) is 38.1 Å². The molecule has 1 unspecified atom stereocenters. The lowest BCUT2D eigenvalue weighted by atomic mass is 9.89. The summed E-state index contributed by atoms with van der Waals surface area (Å²) in [6.45, 7) is 1.28. The lowest BCUT2D eigenvalue weighted by Crippen LogP contribution is -2.44. The molecule has 0 bridgehead atoms. The number of rotatable bonds is 5. The summed E-state index contributed by atoms with van der Waals surface area (Å²) in [7, 11) is 1.58. The van der Waals surface area contributed by atoms with E-state index in [0.717, 1.165) is 0 Å². The van der Waals surface area contributed by atoms with Gasteiger partial charge in [-0.15, -0.1) is 0 Å². The first kappa shape index (κ1) is 17.8. The van der Waals surface area contributed by atoms with Crippen LogP contribution in [-0.4, -0.2) is 49.8 Å². The Labute approximate surface area is 143 Å². The zero-order chi connectivity index (χ0) is 16.1. The first-order chi connectivity index (χ1) is 10.6. The van der Waals surface area contributed by atoms with Gasteiger partial charge in [-0.25, -0.2) is 12.3 Å². The van der Waals surface area contributed by atoms with Crippen molar-refractivity contribution in [3.63, 3.8) is 0 Å². The number of alkyl halides is 1. The topological polar surface area (TPSA) is 41.6 Å². The number of amides is 1. The number of likely N-dealkylation sites (tertiary alicyclic amines) is 1. The Hall–Kier alpha value is -0.540. The molecule has 2 aliphatic rings. The van der Waals surface area contributed by atoms with Crippen LogP contribution in [0.5, 0.6) is 0 Å². The van der Waals surface area contributed by atoms with Gasteiger partial charge in [-0.1, -0.05) is 12.2 Å². The molecule has 22 heavy (non-hydrogen) atoms. The van der Waals surface area contributed by atoms with E-state index < -0.39 is 12.0 Å². The fraction of sp³-hybridized carbons (Fsp3) is 0.667. The molecule has 7 heteroatoms. The lowest BCUT2D eigenvalue weighted by molar-refractivity contribution is -0.133. The Morgan fingerprint density at radius 2 is 2.27 bits per heavy atom. The summed E-state index contributed by atoms with van der Waals surface area (Å²) >= 11 is 1.97. The highest BCUT2D eigenvalue weighted by Gasteiger charge is 2.33. The van der Waals surface area contributed by atoms with E-state index in [-0.39, 0.29) is 24.3 Å². The minimum atomic E-state index is -1.55. The standard InChI is InChI=1S/C15H21F2IN2O2/c1-22-8-7-20-9-10(5-6-13(19-18)15(20)21)11-3-2-4-12(16)14(11)17/h2-3,10,12-13,19H,4-9H2,1H3/t10-,12?,13-/m1/s1. The molecule has 124 valence electrons. The molecule has 4 nitrogen and oxygen atoms in total. The van der Waals surface area contributed by atoms with Crippen molar-refractivity contribution in [3.8, 4) is 0 Å². The van der Waals surface area contributed by atoms with Gasteiger partial charge in [0.2, 0.25) is 5.91 Å². The van der Waals surface area contributed by atoms with Crippen LogP contribution in [0.4, 0.5) is 8.78 Å². The average Bonchev–Trinajstić information content (AvgIpc) is 2.67. The summed E-state index contributed by atoms with van der Waals surface area (Å²) in [6, 6.07) is -0.292. The summed E-state index contributed by atoms with van der Waals surface area (Å²) in [5, 5.41) is 0. The van der Waals surface area contributed by atoms with E-state index in [1.807, 2.05) is 22.9 Å². The van der Waals surface area contributed by atoms with Gasteiger partial charge in [0.05, 0.1) is 12.6 Å². The Morgan fingerprint density at radius 3 is 2.95 bits per heavy atom. The summed E-state index contributed by atoms with van der Waals surface area (Å²) in [5.41, 5.74) is 0.406. The summed E-state index contributed by atoms with van der Waals surface area (Å²) in [5.74, 6) is -0.857. The monoisotopic (exact) mass is 426 g/mol. The first-order valence-electron chi connectivity index (χ1n) is 7.42. The third-order valence-corrected chi connectivity index (χ3v) is 4.93. The molecule has 1 fully saturated rings. The second kappa shape index (κ2) is 8.35. The zero-order valence-electron chi connectivity index (χ0n) is 12.5. The number of allylic oxidation sites excluding steroid dienone is 3. The summed E-state index contributed by atoms with van der Waals surface area (Å²) in [6.07, 6.45) is 3.14. The van der Waals surface area contributed by atoms with Gasteiger partial charge in [-0.3, -0.25) is 4.79 Å². The quantitative estimate of drug-likeness (QED) is 0.543. The minimum absolute atomic E-state index is 0.00783. The molecule has 1 N–H and O–H groups in total. The number of carbonyl (C=O) groups is 1. The Bertz CT molecular complexity index is 470. The van der Waals surface area contributed by atoms with E-state index in [2.05, 4.69) is 3.53 Å². The molecule has 1 amide bonds. The highest BCUT2D eigenvalue weighted by Crippen LogP contribution is 2.33. The largest absolute Gasteiger partial charge is 0.383 e. The molecule has 0 aromatic heterocycles. The van der Waals surface area contributed by atoms with E-state index in [1.165, 1.54) is 0 Å². The van der Waals surface area contributed by atoms with Crippen molar-refractivity contribution in [3.05, 3.63) is 23.6 Å². The molecular weight excluding hydrogens is 405 g/mol. The van der Waals surface area contributed by atoms with Crippen molar-refractivity contribution in [1.29, 1.82) is 0 Å². The van der Waals surface area contributed by atoms with Crippen LogP contribution in [0.3, 0.4) is 0 Å². The number of nitrogens with zero attached hydrogens (tertiary/aromatic N) is 1. The number of nitrogens with one attached hydrogen (secondary N) is 1. The van der Waals surface area contributed by atoms with Crippen LogP contribution in [0.15, 0.2) is 23.6 Å². The summed E-state index contributed by atoms with van der Waals surface area (Å²) < 4.78 is 35.8. The number of methoxy groups -OCH3 is 1. The Kier molecular flexibility index (Phi) is 6.76. The van der Waals surface area contributed by atoms with Crippen molar-refractivity contribution >= 4 is 28.8 Å². The number of halogens is 3. The van der Waals surface area contributed by atoms with Gasteiger partial charge in [-0.2, -0.15) is 0 Å². The van der Waals surface area contributed by atoms with Gasteiger partial charge in [0.1, 0.15) is 5.83 Å². The number of ether oxygens (including phenoxy) is 1. The van der Waals surface area contributed by atoms with Gasteiger partial charge >= 0.3 is 0 Å². The predicted octanol–water partition coefficient (Wildman–Crippen LogP) is 2.70. The molecule has 0 saturated carbocycles. The van der Waals surface area contributed by atoms with Crippen molar-refractivity contribution in [1.82, 2.24) is 8.43 Å². The maximum absolute atomic E-state index is 14.1. The molecule has 1 saturated heterocycles. The van der Waals surface area contributed by atoms with Crippen LogP contribution in [0.25, 0.3) is 0 Å². The molecule has 1 heterocycles. The SMILES string of the molecule is COCCN1C[C@H](C2=C(F)C(F)CC=C2)CC[C@@H](NI)C1=O. The van der Waals surface area contributed by atoms with Crippen molar-refractivity contribution in [2.24, 2.45) is 5.92 Å². The van der Waals surface area contributed by atoms with Gasteiger partial charge in [-0.05, 0) is 18.4 Å². The number of carbonyl (C=O) groups excluding carboxylic acids is 1. The lowest BCUT2D eigenvalue weighted by Gasteiger charge is -2.27. The molecule has 2 rings (SSSR count). The molecule has 3 atom stereocenters. The van der Waals surface area contributed by atoms with Crippen LogP contribution in [0, 0.1) is 5.92 Å². The third kappa shape index (κ3) is 4.05. The van der Waals surface area contributed by atoms with Crippen molar-refractivity contribution in [2.45, 2.75) is 31.5 Å². The highest BCUT2D eigenvalue weighted by atomic mass is 127. The van der Waals surface area contributed by atoms with Crippen LogP contribution in [0.1, 0.15) is 19.3 Å². The molecule has 1 aliphatic heterocycles. The maximum atomic E-state index is 14.1. The molecule has 1 aliphatic carbocycles. The molecular formula is C15H21F2IN2O2.